The normalized spacial score (nSPS) is 11.7. The van der Waals surface area contributed by atoms with Crippen LogP contribution in [-0.2, 0) is 0 Å². The van der Waals surface area contributed by atoms with Gasteiger partial charge in [-0.2, -0.15) is 0 Å². The Balaban J connectivity index is 1.96. The van der Waals surface area contributed by atoms with Gasteiger partial charge in [0.15, 0.2) is 5.11 Å². The Morgan fingerprint density at radius 2 is 1.72 bits per heavy atom. The highest BCUT2D eigenvalue weighted by molar-refractivity contribution is 7.80. The number of hydrogen-bond acceptors (Lipinski definition) is 3. The van der Waals surface area contributed by atoms with E-state index in [9.17, 15) is 0 Å². The summed E-state index contributed by atoms with van der Waals surface area (Å²) in [6, 6.07) is 16.1. The number of methoxy groups -OCH3 is 2. The first kappa shape index (κ1) is 19.0. The fourth-order valence-electron chi connectivity index (χ4n) is 2.56. The van der Waals surface area contributed by atoms with E-state index in [1.54, 1.807) is 14.2 Å². The zero-order chi connectivity index (χ0) is 18.2. The molecule has 2 aromatic rings. The quantitative estimate of drug-likeness (QED) is 0.658. The van der Waals surface area contributed by atoms with Gasteiger partial charge in [-0.05, 0) is 48.6 Å². The highest BCUT2D eigenvalue weighted by atomic mass is 32.1. The van der Waals surface area contributed by atoms with Crippen LogP contribution < -0.4 is 25.0 Å². The van der Waals surface area contributed by atoms with Crippen molar-refractivity contribution in [2.24, 2.45) is 0 Å². The van der Waals surface area contributed by atoms with E-state index in [1.807, 2.05) is 36.4 Å². The summed E-state index contributed by atoms with van der Waals surface area (Å²) in [7, 11) is 7.59. The number of anilines is 1. The van der Waals surface area contributed by atoms with Crippen LogP contribution in [0.4, 0.5) is 5.69 Å². The number of ether oxygens (including phenoxy) is 2. The van der Waals surface area contributed by atoms with Crippen LogP contribution in [0.2, 0.25) is 0 Å². The van der Waals surface area contributed by atoms with Crippen molar-refractivity contribution in [3.05, 3.63) is 54.1 Å². The van der Waals surface area contributed by atoms with Crippen LogP contribution in [0.3, 0.4) is 0 Å². The molecule has 5 nitrogen and oxygen atoms in total. The van der Waals surface area contributed by atoms with Crippen molar-refractivity contribution in [1.29, 1.82) is 0 Å². The molecule has 0 saturated heterocycles. The second-order valence-electron chi connectivity index (χ2n) is 5.97. The summed E-state index contributed by atoms with van der Waals surface area (Å²) < 4.78 is 10.5. The molecule has 0 aromatic heterocycles. The molecule has 134 valence electrons. The first-order chi connectivity index (χ1) is 12.0. The summed E-state index contributed by atoms with van der Waals surface area (Å²) in [6.45, 7) is 0.727. The molecule has 0 unspecified atom stereocenters. The van der Waals surface area contributed by atoms with E-state index in [0.29, 0.717) is 5.11 Å². The molecular weight excluding hydrogens is 334 g/mol. The highest BCUT2D eigenvalue weighted by Gasteiger charge is 2.18. The second-order valence-corrected chi connectivity index (χ2v) is 6.38. The first-order valence-electron chi connectivity index (χ1n) is 8.16. The van der Waals surface area contributed by atoms with Gasteiger partial charge < -0.3 is 25.0 Å². The lowest BCUT2D eigenvalue weighted by Crippen LogP contribution is -3.07. The second kappa shape index (κ2) is 9.25. The van der Waals surface area contributed by atoms with Gasteiger partial charge in [0.05, 0.1) is 34.9 Å². The van der Waals surface area contributed by atoms with Crippen molar-refractivity contribution in [3.8, 4) is 11.5 Å². The number of nitrogens with one attached hydrogen (secondary N) is 3. The third-order valence-electron chi connectivity index (χ3n) is 4.01. The molecule has 2 rings (SSSR count). The molecule has 0 saturated carbocycles. The Morgan fingerprint density at radius 3 is 2.32 bits per heavy atom. The topological polar surface area (TPSA) is 47.0 Å². The van der Waals surface area contributed by atoms with E-state index in [1.165, 1.54) is 10.5 Å². The molecular formula is C19H26N3O2S+. The van der Waals surface area contributed by atoms with Gasteiger partial charge in [-0.3, -0.25) is 0 Å². The third-order valence-corrected chi connectivity index (χ3v) is 4.26. The SMILES string of the molecule is COc1ccc([C@@H](CNC(=S)Nc2cccc(OC)c2)[NH+](C)C)cc1. The molecule has 0 radical (unpaired) electrons. The van der Waals surface area contributed by atoms with Crippen molar-refractivity contribution >= 4 is 23.0 Å². The van der Waals surface area contributed by atoms with E-state index in [2.05, 4.69) is 36.9 Å². The third kappa shape index (κ3) is 5.62. The monoisotopic (exact) mass is 360 g/mol. The predicted molar refractivity (Wildman–Crippen MR) is 106 cm³/mol. The summed E-state index contributed by atoms with van der Waals surface area (Å²) >= 11 is 5.42. The molecule has 25 heavy (non-hydrogen) atoms. The Bertz CT molecular complexity index is 689. The Morgan fingerprint density at radius 1 is 1.04 bits per heavy atom. The summed E-state index contributed by atoms with van der Waals surface area (Å²) in [6.07, 6.45) is 0. The van der Waals surface area contributed by atoms with Gasteiger partial charge in [0.1, 0.15) is 17.5 Å². The lowest BCUT2D eigenvalue weighted by atomic mass is 10.1. The van der Waals surface area contributed by atoms with E-state index >= 15 is 0 Å². The molecule has 3 N–H and O–H groups in total. The minimum atomic E-state index is 0.274. The standard InChI is InChI=1S/C19H25N3O2S/c1-22(2)18(14-8-10-16(23-3)11-9-14)13-20-19(25)21-15-6-5-7-17(12-15)24-4/h5-12,18H,13H2,1-4H3,(H2,20,21,25)/p+1/t18-/m1/s1. The van der Waals surface area contributed by atoms with Crippen LogP contribution in [0.5, 0.6) is 11.5 Å². The van der Waals surface area contributed by atoms with Crippen molar-refractivity contribution in [3.63, 3.8) is 0 Å². The minimum Gasteiger partial charge on any atom is -0.497 e. The Labute approximate surface area is 154 Å². The van der Waals surface area contributed by atoms with Crippen LogP contribution >= 0.6 is 12.2 Å². The smallest absolute Gasteiger partial charge is 0.171 e. The van der Waals surface area contributed by atoms with E-state index < -0.39 is 0 Å². The van der Waals surface area contributed by atoms with Gasteiger partial charge in [0.2, 0.25) is 0 Å². The van der Waals surface area contributed by atoms with E-state index in [-0.39, 0.29) is 6.04 Å². The van der Waals surface area contributed by atoms with Crippen molar-refractivity contribution < 1.29 is 14.4 Å². The maximum atomic E-state index is 5.42. The lowest BCUT2D eigenvalue weighted by Gasteiger charge is -2.23. The molecule has 0 aliphatic heterocycles. The largest absolute Gasteiger partial charge is 0.497 e. The fourth-order valence-corrected chi connectivity index (χ4v) is 2.76. The fraction of sp³-hybridized carbons (Fsp3) is 0.316. The van der Waals surface area contributed by atoms with Gasteiger partial charge in [0, 0.05) is 17.3 Å². The van der Waals surface area contributed by atoms with Gasteiger partial charge in [-0.25, -0.2) is 0 Å². The lowest BCUT2D eigenvalue weighted by molar-refractivity contribution is -0.890. The summed E-state index contributed by atoms with van der Waals surface area (Å²) in [5.74, 6) is 1.65. The average Bonchev–Trinajstić information content (AvgIpc) is 2.62. The van der Waals surface area contributed by atoms with Gasteiger partial charge >= 0.3 is 0 Å². The number of quaternary nitrogens is 1. The molecule has 0 heterocycles. The molecule has 1 atom stereocenters. The minimum absolute atomic E-state index is 0.274. The van der Waals surface area contributed by atoms with E-state index in [0.717, 1.165) is 23.7 Å². The first-order valence-corrected chi connectivity index (χ1v) is 8.57. The molecule has 0 aliphatic rings. The van der Waals surface area contributed by atoms with Crippen molar-refractivity contribution in [2.45, 2.75) is 6.04 Å². The molecule has 0 bridgehead atoms. The van der Waals surface area contributed by atoms with Crippen LogP contribution in [0.25, 0.3) is 0 Å². The van der Waals surface area contributed by atoms with Crippen LogP contribution in [-0.4, -0.2) is 40.0 Å². The van der Waals surface area contributed by atoms with Crippen molar-refractivity contribution in [2.75, 3.05) is 40.2 Å². The van der Waals surface area contributed by atoms with Crippen molar-refractivity contribution in [1.82, 2.24) is 5.32 Å². The molecule has 2 aromatic carbocycles. The van der Waals surface area contributed by atoms with Gasteiger partial charge in [-0.15, -0.1) is 0 Å². The zero-order valence-corrected chi connectivity index (χ0v) is 15.9. The van der Waals surface area contributed by atoms with Crippen LogP contribution in [0.15, 0.2) is 48.5 Å². The molecule has 0 amide bonds. The van der Waals surface area contributed by atoms with Gasteiger partial charge in [0.25, 0.3) is 0 Å². The van der Waals surface area contributed by atoms with Crippen LogP contribution in [0.1, 0.15) is 11.6 Å². The predicted octanol–water partition coefficient (Wildman–Crippen LogP) is 1.88. The molecule has 0 spiro atoms. The maximum Gasteiger partial charge on any atom is 0.171 e. The summed E-state index contributed by atoms with van der Waals surface area (Å²) in [4.78, 5) is 1.32. The number of hydrogen-bond donors (Lipinski definition) is 3. The summed E-state index contributed by atoms with van der Waals surface area (Å²) in [5, 5.41) is 7.09. The van der Waals surface area contributed by atoms with Gasteiger partial charge in [-0.1, -0.05) is 6.07 Å². The molecule has 0 aliphatic carbocycles. The molecule has 6 heteroatoms. The van der Waals surface area contributed by atoms with E-state index in [4.69, 9.17) is 21.7 Å². The molecule has 0 fully saturated rings. The van der Waals surface area contributed by atoms with Crippen LogP contribution in [0, 0.1) is 0 Å². The Hall–Kier alpha value is -2.31. The number of thiocarbonyl (C=S) groups is 1. The Kier molecular flexibility index (Phi) is 7.03. The number of benzene rings is 2. The maximum absolute atomic E-state index is 5.42. The average molecular weight is 361 g/mol. The summed E-state index contributed by atoms with van der Waals surface area (Å²) in [5.41, 5.74) is 2.13. The highest BCUT2D eigenvalue weighted by Crippen LogP contribution is 2.17. The number of likely N-dealkylation sites (N-methyl/N-ethyl adjacent to an activating group) is 1. The number of rotatable bonds is 7. The zero-order valence-electron chi connectivity index (χ0n) is 15.1.